The molecule has 0 amide bonds. The summed E-state index contributed by atoms with van der Waals surface area (Å²) in [5, 5.41) is 2.89. The molecule has 0 aromatic heterocycles. The second kappa shape index (κ2) is 8.31. The third kappa shape index (κ3) is 9.69. The van der Waals surface area contributed by atoms with Gasteiger partial charge in [0, 0.05) is 19.6 Å². The third-order valence-electron chi connectivity index (χ3n) is 1.70. The van der Waals surface area contributed by atoms with E-state index < -0.39 is 10.0 Å². The largest absolute Gasteiger partial charge is 0.354 e. The lowest BCUT2D eigenvalue weighted by Crippen LogP contribution is -2.44. The number of nitrogens with one attached hydrogen (secondary N) is 3. The van der Waals surface area contributed by atoms with Crippen LogP contribution in [0.2, 0.25) is 0 Å². The monoisotopic (exact) mass is 251 g/mol. The summed E-state index contributed by atoms with van der Waals surface area (Å²) in [4.78, 5) is 4.16. The predicted molar refractivity (Wildman–Crippen MR) is 65.4 cm³/mol. The molecule has 96 valence electrons. The molecule has 0 saturated carbocycles. The van der Waals surface area contributed by atoms with Crippen LogP contribution in [0.5, 0.6) is 0 Å². The van der Waals surface area contributed by atoms with E-state index in [1.807, 2.05) is 0 Å². The highest BCUT2D eigenvalue weighted by Gasteiger charge is 1.99. The normalized spacial score (nSPS) is 12.6. The number of hydrogen-bond donors (Lipinski definition) is 4. The van der Waals surface area contributed by atoms with E-state index >= 15 is 0 Å². The van der Waals surface area contributed by atoms with Crippen LogP contribution in [-0.2, 0) is 10.0 Å². The lowest BCUT2D eigenvalue weighted by atomic mass is 10.3. The van der Waals surface area contributed by atoms with Crippen LogP contribution in [0, 0.1) is 0 Å². The fraction of sp³-hybridized carbons (Fsp3) is 0.875. The van der Waals surface area contributed by atoms with Crippen molar-refractivity contribution in [3.05, 3.63) is 0 Å². The van der Waals surface area contributed by atoms with Crippen molar-refractivity contribution in [1.82, 2.24) is 15.5 Å². The van der Waals surface area contributed by atoms with E-state index in [-0.39, 0.29) is 0 Å². The van der Waals surface area contributed by atoms with Crippen molar-refractivity contribution in [1.29, 1.82) is 0 Å². The first-order chi connectivity index (χ1) is 7.49. The van der Waals surface area contributed by atoms with E-state index in [2.05, 4.69) is 27.4 Å². The Balaban J connectivity index is 3.75. The number of nitrogens with zero attached hydrogens (tertiary/aromatic N) is 1. The third-order valence-corrected chi connectivity index (χ3v) is 2.43. The smallest absolute Gasteiger partial charge is 0.208 e. The molecule has 0 aliphatic rings. The highest BCUT2D eigenvalue weighted by atomic mass is 32.2. The summed E-state index contributed by atoms with van der Waals surface area (Å²) in [6.07, 6.45) is 3.18. The molecule has 0 saturated heterocycles. The topological polar surface area (TPSA) is 109 Å². The van der Waals surface area contributed by atoms with Crippen molar-refractivity contribution in [2.45, 2.75) is 19.8 Å². The Hall–Kier alpha value is -0.860. The van der Waals surface area contributed by atoms with Gasteiger partial charge in [0.1, 0.15) is 0 Å². The second-order valence-electron chi connectivity index (χ2n) is 3.32. The van der Waals surface area contributed by atoms with E-state index in [1.165, 1.54) is 0 Å². The number of sulfonamides is 1. The molecule has 0 heterocycles. The van der Waals surface area contributed by atoms with Gasteiger partial charge in [-0.1, -0.05) is 13.3 Å². The fourth-order valence-corrected chi connectivity index (χ4v) is 1.39. The molecule has 0 aliphatic carbocycles. The second-order valence-corrected chi connectivity index (χ2v) is 5.15. The zero-order valence-corrected chi connectivity index (χ0v) is 10.6. The van der Waals surface area contributed by atoms with Crippen LogP contribution < -0.4 is 21.3 Å². The van der Waals surface area contributed by atoms with Crippen molar-refractivity contribution in [2.24, 2.45) is 10.8 Å². The molecule has 0 aliphatic heterocycles. The van der Waals surface area contributed by atoms with Gasteiger partial charge in [-0.15, -0.1) is 0 Å². The number of aliphatic imine (C=N–C) groups is 1. The summed E-state index contributed by atoms with van der Waals surface area (Å²) in [6, 6.07) is 0. The molecule has 0 unspecified atom stereocenters. The quantitative estimate of drug-likeness (QED) is 0.149. The van der Waals surface area contributed by atoms with Crippen LogP contribution in [0.1, 0.15) is 19.8 Å². The lowest BCUT2D eigenvalue weighted by Gasteiger charge is -2.09. The van der Waals surface area contributed by atoms with Crippen LogP contribution in [0.4, 0.5) is 0 Å². The van der Waals surface area contributed by atoms with Crippen LogP contribution in [0.3, 0.4) is 0 Å². The maximum atomic E-state index is 10.7. The zero-order valence-electron chi connectivity index (χ0n) is 9.78. The van der Waals surface area contributed by atoms with Crippen molar-refractivity contribution >= 4 is 16.0 Å². The minimum Gasteiger partial charge on any atom is -0.354 e. The Labute approximate surface area is 96.9 Å². The first-order valence-electron chi connectivity index (χ1n) is 5.19. The van der Waals surface area contributed by atoms with E-state index in [4.69, 9.17) is 5.84 Å². The van der Waals surface area contributed by atoms with Gasteiger partial charge in [-0.2, -0.15) is 0 Å². The molecule has 16 heavy (non-hydrogen) atoms. The van der Waals surface area contributed by atoms with Gasteiger partial charge in [0.15, 0.2) is 0 Å². The van der Waals surface area contributed by atoms with Crippen LogP contribution >= 0.6 is 0 Å². The molecule has 0 rings (SSSR count). The highest BCUT2D eigenvalue weighted by Crippen LogP contribution is 1.86. The summed E-state index contributed by atoms with van der Waals surface area (Å²) in [5.74, 6) is 5.72. The van der Waals surface area contributed by atoms with Crippen molar-refractivity contribution < 1.29 is 8.42 Å². The van der Waals surface area contributed by atoms with E-state index in [1.54, 1.807) is 0 Å². The highest BCUT2D eigenvalue weighted by molar-refractivity contribution is 7.88. The molecule has 8 heteroatoms. The fourth-order valence-electron chi connectivity index (χ4n) is 0.919. The van der Waals surface area contributed by atoms with Gasteiger partial charge in [0.05, 0.1) is 6.26 Å². The average Bonchev–Trinajstić information content (AvgIpc) is 2.20. The van der Waals surface area contributed by atoms with Gasteiger partial charge in [-0.3, -0.25) is 10.4 Å². The molecule has 5 N–H and O–H groups in total. The Morgan fingerprint density at radius 1 is 1.38 bits per heavy atom. The van der Waals surface area contributed by atoms with E-state index in [0.717, 1.165) is 19.1 Å². The zero-order chi connectivity index (χ0) is 12.4. The van der Waals surface area contributed by atoms with Gasteiger partial charge in [-0.25, -0.2) is 19.0 Å². The number of nitrogens with two attached hydrogens (primary N) is 1. The Morgan fingerprint density at radius 2 is 2.06 bits per heavy atom. The Morgan fingerprint density at radius 3 is 2.56 bits per heavy atom. The molecule has 0 aromatic carbocycles. The van der Waals surface area contributed by atoms with Crippen molar-refractivity contribution in [3.63, 3.8) is 0 Å². The number of guanidine groups is 1. The minimum atomic E-state index is -3.13. The summed E-state index contributed by atoms with van der Waals surface area (Å²) >= 11 is 0. The van der Waals surface area contributed by atoms with Crippen LogP contribution in [0.15, 0.2) is 4.99 Å². The first-order valence-corrected chi connectivity index (χ1v) is 7.08. The molecule has 0 aromatic rings. The summed E-state index contributed by atoms with van der Waals surface area (Å²) in [7, 11) is -3.13. The Kier molecular flexibility index (Phi) is 7.86. The number of hydrogen-bond acceptors (Lipinski definition) is 4. The first kappa shape index (κ1) is 15.1. The van der Waals surface area contributed by atoms with Crippen molar-refractivity contribution in [3.8, 4) is 0 Å². The summed E-state index contributed by atoms with van der Waals surface area (Å²) < 4.78 is 23.8. The standard InChI is InChI=1S/C8H21N5O2S/c1-3-4-5-10-8(13-9)11-6-7-12-16(2,14)15/h12H,3-7,9H2,1-2H3,(H2,10,11,13). The maximum Gasteiger partial charge on any atom is 0.208 e. The van der Waals surface area contributed by atoms with E-state index in [9.17, 15) is 8.42 Å². The number of unbranched alkanes of at least 4 members (excludes halogenated alkanes) is 1. The Bertz CT molecular complexity index is 302. The maximum absolute atomic E-state index is 10.7. The number of rotatable bonds is 7. The molecule has 0 bridgehead atoms. The lowest BCUT2D eigenvalue weighted by molar-refractivity contribution is 0.586. The SMILES string of the molecule is CCCCN=C(NN)NCCNS(C)(=O)=O. The number of hydrazine groups is 1. The van der Waals surface area contributed by atoms with Crippen LogP contribution in [0.25, 0.3) is 0 Å². The average molecular weight is 251 g/mol. The van der Waals surface area contributed by atoms with E-state index in [0.29, 0.717) is 25.6 Å². The molecule has 0 fully saturated rings. The van der Waals surface area contributed by atoms with Gasteiger partial charge in [-0.05, 0) is 6.42 Å². The molecule has 7 nitrogen and oxygen atoms in total. The van der Waals surface area contributed by atoms with Gasteiger partial charge >= 0.3 is 0 Å². The molecular weight excluding hydrogens is 230 g/mol. The molecule has 0 spiro atoms. The van der Waals surface area contributed by atoms with Gasteiger partial charge in [0.2, 0.25) is 16.0 Å². The summed E-state index contributed by atoms with van der Waals surface area (Å²) in [6.45, 7) is 3.51. The van der Waals surface area contributed by atoms with Crippen LogP contribution in [-0.4, -0.2) is 40.3 Å². The minimum absolute atomic E-state index is 0.299. The van der Waals surface area contributed by atoms with Crippen molar-refractivity contribution in [2.75, 3.05) is 25.9 Å². The molecule has 0 radical (unpaired) electrons. The predicted octanol–water partition coefficient (Wildman–Crippen LogP) is -1.26. The molecular formula is C8H21N5O2S. The summed E-state index contributed by atoms with van der Waals surface area (Å²) in [5.41, 5.74) is 2.42. The van der Waals surface area contributed by atoms with Gasteiger partial charge < -0.3 is 5.32 Å². The van der Waals surface area contributed by atoms with Gasteiger partial charge in [0.25, 0.3) is 0 Å². The molecule has 0 atom stereocenters.